The first-order valence-corrected chi connectivity index (χ1v) is 21.3. The average molecular weight is 641 g/mol. The summed E-state index contributed by atoms with van der Waals surface area (Å²) in [5.74, 6) is 0.188. The van der Waals surface area contributed by atoms with Gasteiger partial charge in [0.2, 0.25) is 12.3 Å². The number of aliphatic hydroxyl groups excluding tert-OH is 1. The first-order chi connectivity index (χ1) is 21.5. The highest BCUT2D eigenvalue weighted by atomic mass is 28.4. The van der Waals surface area contributed by atoms with Crippen molar-refractivity contribution in [1.82, 2.24) is 9.80 Å². The van der Waals surface area contributed by atoms with Gasteiger partial charge in [0.05, 0.1) is 11.9 Å². The molecular formula is C38H64N2O4Si. The third kappa shape index (κ3) is 9.37. The summed E-state index contributed by atoms with van der Waals surface area (Å²) in [6.07, 6.45) is 26.3. The number of piperidine rings is 1. The first-order valence-electron chi connectivity index (χ1n) is 18.4. The van der Waals surface area contributed by atoms with Gasteiger partial charge in [0, 0.05) is 43.4 Å². The maximum atomic E-state index is 14.2. The average Bonchev–Trinajstić information content (AvgIpc) is 2.98. The molecule has 45 heavy (non-hydrogen) atoms. The largest absolute Gasteiger partial charge is 0.512 e. The van der Waals surface area contributed by atoms with Crippen LogP contribution in [0.2, 0.25) is 18.1 Å². The molecule has 1 N–H and O–H groups in total. The van der Waals surface area contributed by atoms with Crippen molar-refractivity contribution < 1.29 is 19.1 Å². The van der Waals surface area contributed by atoms with Gasteiger partial charge in [0.1, 0.15) is 0 Å². The van der Waals surface area contributed by atoms with Crippen LogP contribution in [0.15, 0.2) is 35.6 Å². The number of nitrogens with zero attached hydrogens (tertiary/aromatic N) is 2. The molecule has 0 aromatic rings. The maximum Gasteiger partial charge on any atom is 0.226 e. The summed E-state index contributed by atoms with van der Waals surface area (Å²) in [7, 11) is -2.09. The number of aliphatic hydroxyl groups is 1. The minimum Gasteiger partial charge on any atom is -0.512 e. The zero-order chi connectivity index (χ0) is 32.5. The normalized spacial score (nSPS) is 32.0. The van der Waals surface area contributed by atoms with Gasteiger partial charge < -0.3 is 19.3 Å². The molecule has 7 heteroatoms. The Labute approximate surface area is 275 Å². The van der Waals surface area contributed by atoms with Crippen molar-refractivity contribution in [3.8, 4) is 0 Å². The van der Waals surface area contributed by atoms with Crippen LogP contribution in [-0.4, -0.2) is 67.8 Å². The van der Waals surface area contributed by atoms with Gasteiger partial charge in [0.25, 0.3) is 0 Å². The molecule has 0 aromatic heterocycles. The van der Waals surface area contributed by atoms with Gasteiger partial charge in [-0.25, -0.2) is 0 Å². The minimum absolute atomic E-state index is 0.0193. The Hall–Kier alpha value is -1.86. The summed E-state index contributed by atoms with van der Waals surface area (Å²) in [5.41, 5.74) is 0.944. The fourth-order valence-corrected chi connectivity index (χ4v) is 9.41. The van der Waals surface area contributed by atoms with Gasteiger partial charge in [-0.2, -0.15) is 0 Å². The lowest BCUT2D eigenvalue weighted by Crippen LogP contribution is -2.57. The molecule has 0 radical (unpaired) electrons. The van der Waals surface area contributed by atoms with Crippen LogP contribution in [0.4, 0.5) is 0 Å². The van der Waals surface area contributed by atoms with Crippen LogP contribution in [0.5, 0.6) is 0 Å². The third-order valence-electron chi connectivity index (χ3n) is 11.7. The molecule has 4 bridgehead atoms. The predicted molar refractivity (Wildman–Crippen MR) is 188 cm³/mol. The van der Waals surface area contributed by atoms with E-state index in [-0.39, 0.29) is 34.3 Å². The van der Waals surface area contributed by atoms with Gasteiger partial charge in [-0.05, 0) is 81.5 Å². The van der Waals surface area contributed by atoms with Crippen LogP contribution in [0.25, 0.3) is 0 Å². The van der Waals surface area contributed by atoms with Crippen molar-refractivity contribution in [3.63, 3.8) is 0 Å². The van der Waals surface area contributed by atoms with Crippen LogP contribution >= 0.6 is 0 Å². The van der Waals surface area contributed by atoms with E-state index in [0.29, 0.717) is 31.7 Å². The molecule has 1 fully saturated rings. The second-order valence-corrected chi connectivity index (χ2v) is 20.8. The Bertz CT molecular complexity index is 1080. The van der Waals surface area contributed by atoms with E-state index in [1.807, 2.05) is 4.90 Å². The summed E-state index contributed by atoms with van der Waals surface area (Å²) in [6, 6.07) is 0. The monoisotopic (exact) mass is 640 g/mol. The fourth-order valence-electron chi connectivity index (χ4n) is 8.04. The second-order valence-electron chi connectivity index (χ2n) is 16.1. The van der Waals surface area contributed by atoms with E-state index in [1.54, 1.807) is 0 Å². The topological polar surface area (TPSA) is 70.1 Å². The quantitative estimate of drug-likeness (QED) is 0.190. The van der Waals surface area contributed by atoms with Gasteiger partial charge >= 0.3 is 0 Å². The second kappa shape index (κ2) is 16.3. The number of carbonyl (C=O) groups excluding carboxylic acids is 2. The van der Waals surface area contributed by atoms with Crippen molar-refractivity contribution >= 4 is 20.6 Å². The molecule has 1 aliphatic carbocycles. The molecule has 3 heterocycles. The number of hydrogen-bond donors (Lipinski definition) is 1. The zero-order valence-electron chi connectivity index (χ0n) is 29.3. The van der Waals surface area contributed by atoms with E-state index in [4.69, 9.17) is 4.43 Å². The standard InChI is InChI=1S/C38H64N2O4Si/c1-37(2,3)45(4,5)44-31-21-17-13-9-8-12-16-20-25-40-29-38-23-18-14-10-6-7-11-15-19-24-39(30-41)26-22-32(33(28-38)36(40)43)35(42)34(38)27-31/h8,12-13,17,30-33,42H,6-7,9-11,14-16,18-29H2,1-5H3/b12-8-,17-13-/t31-,32?,33?,38?/m1/s1. The Balaban J connectivity index is 1.78. The van der Waals surface area contributed by atoms with Crippen LogP contribution in [-0.2, 0) is 14.0 Å². The Kier molecular flexibility index (Phi) is 13.0. The molecule has 4 aliphatic rings. The lowest BCUT2D eigenvalue weighted by atomic mass is 9.58. The van der Waals surface area contributed by atoms with Crippen molar-refractivity contribution in [3.05, 3.63) is 35.6 Å². The van der Waals surface area contributed by atoms with Crippen LogP contribution in [0.3, 0.4) is 0 Å². The molecule has 1 spiro atoms. The molecule has 1 saturated heterocycles. The summed E-state index contributed by atoms with van der Waals surface area (Å²) in [5, 5.41) is 12.5. The van der Waals surface area contributed by atoms with Crippen LogP contribution < -0.4 is 0 Å². The van der Waals surface area contributed by atoms with Crippen molar-refractivity contribution in [2.75, 3.05) is 26.2 Å². The highest BCUT2D eigenvalue weighted by Gasteiger charge is 2.54. The molecule has 4 rings (SSSR count). The molecular weight excluding hydrogens is 577 g/mol. The number of amides is 2. The molecule has 254 valence electrons. The lowest BCUT2D eigenvalue weighted by molar-refractivity contribution is -0.148. The molecule has 6 nitrogen and oxygen atoms in total. The number of carbonyl (C=O) groups is 2. The summed E-state index contributed by atoms with van der Waals surface area (Å²) in [4.78, 5) is 30.3. The molecule has 3 aliphatic heterocycles. The third-order valence-corrected chi connectivity index (χ3v) is 16.3. The minimum atomic E-state index is -2.09. The Morgan fingerprint density at radius 2 is 1.60 bits per heavy atom. The van der Waals surface area contributed by atoms with Gasteiger partial charge in [-0.1, -0.05) is 90.0 Å². The Morgan fingerprint density at radius 3 is 2.31 bits per heavy atom. The number of rotatable bonds is 3. The number of fused-ring (bicyclic) bond motifs is 4. The molecule has 4 atom stereocenters. The highest BCUT2D eigenvalue weighted by Crippen LogP contribution is 2.55. The van der Waals surface area contributed by atoms with E-state index in [2.05, 4.69) is 63.1 Å². The fraction of sp³-hybridized carbons (Fsp3) is 0.789. The zero-order valence-corrected chi connectivity index (χ0v) is 30.3. The van der Waals surface area contributed by atoms with Gasteiger partial charge in [-0.15, -0.1) is 0 Å². The maximum absolute atomic E-state index is 14.2. The summed E-state index contributed by atoms with van der Waals surface area (Å²) in [6.45, 7) is 14.4. The van der Waals surface area contributed by atoms with Gasteiger partial charge in [0.15, 0.2) is 8.32 Å². The van der Waals surface area contributed by atoms with E-state index in [9.17, 15) is 14.7 Å². The van der Waals surface area contributed by atoms with E-state index < -0.39 is 8.32 Å². The highest BCUT2D eigenvalue weighted by molar-refractivity contribution is 6.74. The molecule has 3 unspecified atom stereocenters. The Morgan fingerprint density at radius 1 is 0.911 bits per heavy atom. The van der Waals surface area contributed by atoms with Crippen molar-refractivity contribution in [2.45, 2.75) is 148 Å². The van der Waals surface area contributed by atoms with E-state index >= 15 is 0 Å². The van der Waals surface area contributed by atoms with Crippen molar-refractivity contribution in [1.29, 1.82) is 0 Å². The summed E-state index contributed by atoms with van der Waals surface area (Å²) >= 11 is 0. The smallest absolute Gasteiger partial charge is 0.226 e. The predicted octanol–water partition coefficient (Wildman–Crippen LogP) is 9.10. The SMILES string of the molecule is CC(C)(C)[Si](C)(C)O[C@@H]1C/C=C\C/C=C\CCCN2CC34CCCCCCCCCCN(C=O)CCC(C(O)=C3C1)C(C4)C2=O. The number of hydrogen-bond acceptors (Lipinski definition) is 4. The van der Waals surface area contributed by atoms with E-state index in [1.165, 1.54) is 32.1 Å². The molecule has 0 saturated carbocycles. The summed E-state index contributed by atoms with van der Waals surface area (Å²) < 4.78 is 7.17. The van der Waals surface area contributed by atoms with Crippen molar-refractivity contribution in [2.24, 2.45) is 17.3 Å². The van der Waals surface area contributed by atoms with Crippen LogP contribution in [0.1, 0.15) is 124 Å². The van der Waals surface area contributed by atoms with Crippen LogP contribution in [0, 0.1) is 17.3 Å². The van der Waals surface area contributed by atoms with E-state index in [0.717, 1.165) is 82.9 Å². The lowest BCUT2D eigenvalue weighted by Gasteiger charge is -2.54. The molecule has 0 aromatic carbocycles. The molecule has 2 amide bonds. The number of allylic oxidation sites excluding steroid dienone is 4. The van der Waals surface area contributed by atoms with Gasteiger partial charge in [-0.3, -0.25) is 9.59 Å². The first kappa shape index (κ1) is 36.0.